The van der Waals surface area contributed by atoms with Crippen molar-refractivity contribution in [2.24, 2.45) is 0 Å². The Hall–Kier alpha value is -1.00. The fourth-order valence-electron chi connectivity index (χ4n) is 1.01. The van der Waals surface area contributed by atoms with Gasteiger partial charge in [-0.05, 0) is 18.2 Å². The third-order valence-corrected chi connectivity index (χ3v) is 1.70. The molecule has 1 heterocycles. The van der Waals surface area contributed by atoms with Crippen molar-refractivity contribution >= 4 is 0 Å². The second-order valence-corrected chi connectivity index (χ2v) is 2.78. The van der Waals surface area contributed by atoms with Gasteiger partial charge in [0.2, 0.25) is 0 Å². The topological polar surface area (TPSA) is 49.8 Å². The first kappa shape index (κ1) is 10.1. The molecule has 0 radical (unpaired) electrons. The first-order chi connectivity index (χ1) is 6.43. The SMILES string of the molecule is CCNCCNCc1ccnnc1. The van der Waals surface area contributed by atoms with Gasteiger partial charge in [0.15, 0.2) is 0 Å². The van der Waals surface area contributed by atoms with Crippen LogP contribution < -0.4 is 10.6 Å². The number of nitrogens with zero attached hydrogens (tertiary/aromatic N) is 2. The summed E-state index contributed by atoms with van der Waals surface area (Å²) in [6.07, 6.45) is 3.49. The number of rotatable bonds is 6. The third kappa shape index (κ3) is 4.55. The molecular weight excluding hydrogens is 164 g/mol. The normalized spacial score (nSPS) is 10.2. The summed E-state index contributed by atoms with van der Waals surface area (Å²) in [6, 6.07) is 1.97. The van der Waals surface area contributed by atoms with E-state index in [1.807, 2.05) is 6.07 Å². The van der Waals surface area contributed by atoms with Crippen molar-refractivity contribution in [1.82, 2.24) is 20.8 Å². The van der Waals surface area contributed by atoms with Gasteiger partial charge >= 0.3 is 0 Å². The number of likely N-dealkylation sites (N-methyl/N-ethyl adjacent to an activating group) is 1. The molecule has 0 fully saturated rings. The predicted octanol–water partition coefficient (Wildman–Crippen LogP) is 0.176. The second kappa shape index (κ2) is 6.51. The van der Waals surface area contributed by atoms with Crippen LogP contribution in [0.3, 0.4) is 0 Å². The lowest BCUT2D eigenvalue weighted by atomic mass is 10.3. The van der Waals surface area contributed by atoms with Crippen LogP contribution in [0.5, 0.6) is 0 Å². The van der Waals surface area contributed by atoms with Gasteiger partial charge in [0.1, 0.15) is 0 Å². The van der Waals surface area contributed by atoms with Crippen LogP contribution in [-0.4, -0.2) is 29.8 Å². The Bertz CT molecular complexity index is 212. The molecule has 0 amide bonds. The lowest BCUT2D eigenvalue weighted by molar-refractivity contribution is 0.623. The summed E-state index contributed by atoms with van der Waals surface area (Å²) in [5.74, 6) is 0. The quantitative estimate of drug-likeness (QED) is 0.613. The maximum atomic E-state index is 3.79. The maximum absolute atomic E-state index is 3.79. The van der Waals surface area contributed by atoms with Crippen molar-refractivity contribution in [2.45, 2.75) is 13.5 Å². The van der Waals surface area contributed by atoms with E-state index in [0.29, 0.717) is 0 Å². The van der Waals surface area contributed by atoms with Gasteiger partial charge in [0.25, 0.3) is 0 Å². The van der Waals surface area contributed by atoms with Crippen molar-refractivity contribution < 1.29 is 0 Å². The standard InChI is InChI=1S/C9H16N4/c1-2-10-5-6-11-7-9-3-4-12-13-8-9/h3-4,8,10-11H,2,5-7H2,1H3. The number of hydrogen-bond donors (Lipinski definition) is 2. The van der Waals surface area contributed by atoms with Crippen molar-refractivity contribution in [1.29, 1.82) is 0 Å². The zero-order valence-electron chi connectivity index (χ0n) is 7.95. The van der Waals surface area contributed by atoms with E-state index in [-0.39, 0.29) is 0 Å². The molecule has 0 atom stereocenters. The third-order valence-electron chi connectivity index (χ3n) is 1.70. The van der Waals surface area contributed by atoms with Crippen LogP contribution >= 0.6 is 0 Å². The van der Waals surface area contributed by atoms with E-state index in [0.717, 1.165) is 26.2 Å². The molecule has 13 heavy (non-hydrogen) atoms. The molecule has 0 saturated carbocycles. The van der Waals surface area contributed by atoms with E-state index in [9.17, 15) is 0 Å². The molecule has 1 rings (SSSR count). The molecule has 4 nitrogen and oxygen atoms in total. The predicted molar refractivity (Wildman–Crippen MR) is 52.3 cm³/mol. The van der Waals surface area contributed by atoms with E-state index in [1.54, 1.807) is 12.4 Å². The van der Waals surface area contributed by atoms with Gasteiger partial charge in [-0.1, -0.05) is 6.92 Å². The number of nitrogens with one attached hydrogen (secondary N) is 2. The summed E-state index contributed by atoms with van der Waals surface area (Å²) in [5.41, 5.74) is 1.17. The van der Waals surface area contributed by atoms with Crippen LogP contribution in [0.2, 0.25) is 0 Å². The highest BCUT2D eigenvalue weighted by Gasteiger charge is 1.90. The highest BCUT2D eigenvalue weighted by Crippen LogP contribution is 1.91. The Morgan fingerprint density at radius 3 is 2.77 bits per heavy atom. The molecule has 72 valence electrons. The van der Waals surface area contributed by atoms with E-state index < -0.39 is 0 Å². The molecule has 1 aromatic heterocycles. The van der Waals surface area contributed by atoms with E-state index in [2.05, 4.69) is 27.8 Å². The van der Waals surface area contributed by atoms with Gasteiger partial charge in [-0.25, -0.2) is 0 Å². The minimum atomic E-state index is 0.862. The van der Waals surface area contributed by atoms with Gasteiger partial charge in [-0.15, -0.1) is 0 Å². The fourth-order valence-corrected chi connectivity index (χ4v) is 1.01. The molecule has 4 heteroatoms. The molecule has 0 unspecified atom stereocenters. The summed E-state index contributed by atoms with van der Waals surface area (Å²) >= 11 is 0. The van der Waals surface area contributed by atoms with Crippen LogP contribution in [0.15, 0.2) is 18.5 Å². The molecular formula is C9H16N4. The minimum Gasteiger partial charge on any atom is -0.316 e. The molecule has 0 aliphatic rings. The van der Waals surface area contributed by atoms with Crippen LogP contribution in [0.1, 0.15) is 12.5 Å². The van der Waals surface area contributed by atoms with Crippen LogP contribution in [0.25, 0.3) is 0 Å². The molecule has 0 saturated heterocycles. The lowest BCUT2D eigenvalue weighted by Crippen LogP contribution is -2.26. The van der Waals surface area contributed by atoms with Crippen LogP contribution in [-0.2, 0) is 6.54 Å². The van der Waals surface area contributed by atoms with Gasteiger partial charge in [0, 0.05) is 25.8 Å². The average molecular weight is 180 g/mol. The summed E-state index contributed by atoms with van der Waals surface area (Å²) in [6.45, 7) is 5.98. The Balaban J connectivity index is 2.07. The van der Waals surface area contributed by atoms with Crippen molar-refractivity contribution in [3.8, 4) is 0 Å². The van der Waals surface area contributed by atoms with Crippen molar-refractivity contribution in [2.75, 3.05) is 19.6 Å². The van der Waals surface area contributed by atoms with Gasteiger partial charge < -0.3 is 10.6 Å². The fraction of sp³-hybridized carbons (Fsp3) is 0.556. The molecule has 1 aromatic rings. The van der Waals surface area contributed by atoms with Gasteiger partial charge in [-0.2, -0.15) is 10.2 Å². The zero-order valence-corrected chi connectivity index (χ0v) is 7.95. The Morgan fingerprint density at radius 2 is 2.08 bits per heavy atom. The summed E-state index contributed by atoms with van der Waals surface area (Å²) in [5, 5.41) is 14.1. The Morgan fingerprint density at radius 1 is 1.23 bits per heavy atom. The summed E-state index contributed by atoms with van der Waals surface area (Å²) in [4.78, 5) is 0. The smallest absolute Gasteiger partial charge is 0.0541 e. The van der Waals surface area contributed by atoms with Crippen LogP contribution in [0, 0.1) is 0 Å². The molecule has 0 aromatic carbocycles. The number of hydrogen-bond acceptors (Lipinski definition) is 4. The molecule has 0 aliphatic heterocycles. The average Bonchev–Trinajstić information content (AvgIpc) is 2.19. The summed E-state index contributed by atoms with van der Waals surface area (Å²) < 4.78 is 0. The Kier molecular flexibility index (Phi) is 5.05. The lowest BCUT2D eigenvalue weighted by Gasteiger charge is -2.03. The first-order valence-electron chi connectivity index (χ1n) is 4.60. The first-order valence-corrected chi connectivity index (χ1v) is 4.60. The van der Waals surface area contributed by atoms with Gasteiger partial charge in [0.05, 0.1) is 6.20 Å². The van der Waals surface area contributed by atoms with E-state index in [1.165, 1.54) is 5.56 Å². The minimum absolute atomic E-state index is 0.862. The molecule has 0 bridgehead atoms. The van der Waals surface area contributed by atoms with Gasteiger partial charge in [-0.3, -0.25) is 0 Å². The van der Waals surface area contributed by atoms with E-state index in [4.69, 9.17) is 0 Å². The maximum Gasteiger partial charge on any atom is 0.0541 e. The summed E-state index contributed by atoms with van der Waals surface area (Å²) in [7, 11) is 0. The highest BCUT2D eigenvalue weighted by atomic mass is 15.1. The largest absolute Gasteiger partial charge is 0.316 e. The van der Waals surface area contributed by atoms with Crippen LogP contribution in [0.4, 0.5) is 0 Å². The zero-order chi connectivity index (χ0) is 9.36. The highest BCUT2D eigenvalue weighted by molar-refractivity contribution is 5.04. The molecule has 2 N–H and O–H groups in total. The second-order valence-electron chi connectivity index (χ2n) is 2.78. The monoisotopic (exact) mass is 180 g/mol. The van der Waals surface area contributed by atoms with E-state index >= 15 is 0 Å². The van der Waals surface area contributed by atoms with Crippen molar-refractivity contribution in [3.05, 3.63) is 24.0 Å². The number of aromatic nitrogens is 2. The Labute approximate surface area is 78.8 Å². The molecule has 0 spiro atoms. The molecule has 0 aliphatic carbocycles. The van der Waals surface area contributed by atoms with Crippen molar-refractivity contribution in [3.63, 3.8) is 0 Å².